The van der Waals surface area contributed by atoms with Crippen molar-refractivity contribution in [2.75, 3.05) is 26.8 Å². The normalized spacial score (nSPS) is 17.9. The lowest BCUT2D eigenvalue weighted by molar-refractivity contribution is -0.141. The molecule has 2 amide bonds. The third-order valence-corrected chi connectivity index (χ3v) is 4.31. The highest BCUT2D eigenvalue weighted by Crippen LogP contribution is 2.30. The number of nitrogens with one attached hydrogen (secondary N) is 1. The van der Waals surface area contributed by atoms with Crippen LogP contribution in [0.4, 0.5) is 4.79 Å². The van der Waals surface area contributed by atoms with E-state index >= 15 is 0 Å². The zero-order chi connectivity index (χ0) is 18.4. The number of hydrogen-bond donors (Lipinski definition) is 2. The zero-order valence-electron chi connectivity index (χ0n) is 14.9. The van der Waals surface area contributed by atoms with Gasteiger partial charge in [-0.1, -0.05) is 13.0 Å². The average molecular weight is 350 g/mol. The summed E-state index contributed by atoms with van der Waals surface area (Å²) in [6.07, 6.45) is 1.40. The molecule has 1 aliphatic heterocycles. The van der Waals surface area contributed by atoms with Crippen molar-refractivity contribution in [3.8, 4) is 11.5 Å². The van der Waals surface area contributed by atoms with Crippen molar-refractivity contribution >= 4 is 12.0 Å². The number of ether oxygens (including phenoxy) is 2. The molecule has 0 saturated carbocycles. The molecule has 7 nitrogen and oxygen atoms in total. The maximum Gasteiger partial charge on any atom is 0.317 e. The number of nitrogens with zero attached hydrogens (tertiary/aromatic N) is 1. The quantitative estimate of drug-likeness (QED) is 0.789. The number of carboxylic acids is 1. The number of hydrogen-bond acceptors (Lipinski definition) is 4. The highest BCUT2D eigenvalue weighted by Gasteiger charge is 2.31. The molecule has 138 valence electrons. The van der Waals surface area contributed by atoms with E-state index in [-0.39, 0.29) is 18.6 Å². The number of aliphatic carboxylic acids is 1. The highest BCUT2D eigenvalue weighted by atomic mass is 16.5. The van der Waals surface area contributed by atoms with Crippen molar-refractivity contribution in [2.24, 2.45) is 5.92 Å². The first-order valence-corrected chi connectivity index (χ1v) is 8.55. The van der Waals surface area contributed by atoms with Crippen LogP contribution in [0, 0.1) is 5.92 Å². The Morgan fingerprint density at radius 3 is 2.76 bits per heavy atom. The number of methoxy groups -OCH3 is 1. The van der Waals surface area contributed by atoms with Gasteiger partial charge in [0.1, 0.15) is 0 Å². The smallest absolute Gasteiger partial charge is 0.317 e. The molecule has 0 spiro atoms. The average Bonchev–Trinajstić information content (AvgIpc) is 3.10. The summed E-state index contributed by atoms with van der Waals surface area (Å²) in [5.41, 5.74) is 0.892. The molecule has 1 heterocycles. The number of amides is 2. The second-order valence-electron chi connectivity index (χ2n) is 6.20. The van der Waals surface area contributed by atoms with Crippen molar-refractivity contribution < 1.29 is 24.2 Å². The van der Waals surface area contributed by atoms with Crippen LogP contribution >= 0.6 is 0 Å². The van der Waals surface area contributed by atoms with Gasteiger partial charge in [-0.2, -0.15) is 0 Å². The molecule has 0 aliphatic carbocycles. The Balaban J connectivity index is 1.99. The molecule has 2 N–H and O–H groups in total. The molecule has 0 aromatic heterocycles. The van der Waals surface area contributed by atoms with E-state index in [1.54, 1.807) is 12.0 Å². The Bertz CT molecular complexity index is 619. The first-order chi connectivity index (χ1) is 12.0. The Morgan fingerprint density at radius 1 is 1.40 bits per heavy atom. The number of carboxylic acid groups (broad SMARTS) is 1. The number of carbonyl (C=O) groups excluding carboxylic acids is 1. The minimum Gasteiger partial charge on any atom is -0.493 e. The van der Waals surface area contributed by atoms with Crippen LogP contribution in [0.15, 0.2) is 18.2 Å². The predicted molar refractivity (Wildman–Crippen MR) is 93.0 cm³/mol. The van der Waals surface area contributed by atoms with Crippen LogP contribution in [-0.2, 0) is 4.79 Å². The van der Waals surface area contributed by atoms with Crippen molar-refractivity contribution in [1.29, 1.82) is 0 Å². The van der Waals surface area contributed by atoms with Gasteiger partial charge in [-0.15, -0.1) is 0 Å². The third-order valence-electron chi connectivity index (χ3n) is 4.31. The number of benzene rings is 1. The van der Waals surface area contributed by atoms with Gasteiger partial charge in [0.15, 0.2) is 11.5 Å². The third kappa shape index (κ3) is 4.78. The van der Waals surface area contributed by atoms with Gasteiger partial charge < -0.3 is 24.8 Å². The lowest BCUT2D eigenvalue weighted by atomic mass is 10.1. The summed E-state index contributed by atoms with van der Waals surface area (Å²) < 4.78 is 11.0. The van der Waals surface area contributed by atoms with E-state index in [4.69, 9.17) is 14.6 Å². The van der Waals surface area contributed by atoms with Crippen LogP contribution in [0.1, 0.15) is 38.3 Å². The van der Waals surface area contributed by atoms with Gasteiger partial charge in [0.2, 0.25) is 0 Å². The van der Waals surface area contributed by atoms with E-state index in [9.17, 15) is 9.59 Å². The molecule has 2 atom stereocenters. The largest absolute Gasteiger partial charge is 0.493 e. The monoisotopic (exact) mass is 350 g/mol. The molecule has 1 saturated heterocycles. The lowest BCUT2D eigenvalue weighted by Crippen LogP contribution is -2.40. The van der Waals surface area contributed by atoms with Crippen molar-refractivity contribution in [3.63, 3.8) is 0 Å². The topological polar surface area (TPSA) is 88.1 Å². The molecule has 7 heteroatoms. The van der Waals surface area contributed by atoms with E-state index in [2.05, 4.69) is 5.32 Å². The molecule has 1 aromatic rings. The first kappa shape index (κ1) is 18.9. The van der Waals surface area contributed by atoms with Crippen LogP contribution < -0.4 is 14.8 Å². The zero-order valence-corrected chi connectivity index (χ0v) is 14.9. The van der Waals surface area contributed by atoms with Crippen LogP contribution in [-0.4, -0.2) is 48.8 Å². The minimum atomic E-state index is -0.851. The fourth-order valence-corrected chi connectivity index (χ4v) is 2.79. The van der Waals surface area contributed by atoms with Gasteiger partial charge in [0.25, 0.3) is 0 Å². The molecule has 1 aliphatic rings. The molecule has 1 aromatic carbocycles. The molecule has 2 unspecified atom stereocenters. The molecule has 2 rings (SSSR count). The van der Waals surface area contributed by atoms with E-state index in [0.29, 0.717) is 31.1 Å². The van der Waals surface area contributed by atoms with Gasteiger partial charge in [-0.05, 0) is 37.5 Å². The van der Waals surface area contributed by atoms with Crippen molar-refractivity contribution in [1.82, 2.24) is 10.2 Å². The van der Waals surface area contributed by atoms with Crippen LogP contribution in [0.5, 0.6) is 11.5 Å². The van der Waals surface area contributed by atoms with Gasteiger partial charge in [0.05, 0.1) is 25.7 Å². The molecular formula is C18H26N2O5. The number of carbonyl (C=O) groups is 2. The van der Waals surface area contributed by atoms with E-state index < -0.39 is 11.9 Å². The summed E-state index contributed by atoms with van der Waals surface area (Å²) in [7, 11) is 1.58. The van der Waals surface area contributed by atoms with Crippen LogP contribution in [0.25, 0.3) is 0 Å². The van der Waals surface area contributed by atoms with Crippen LogP contribution in [0.3, 0.4) is 0 Å². The predicted octanol–water partition coefficient (Wildman–Crippen LogP) is 2.66. The molecular weight excluding hydrogens is 324 g/mol. The summed E-state index contributed by atoms with van der Waals surface area (Å²) >= 11 is 0. The summed E-state index contributed by atoms with van der Waals surface area (Å²) in [5, 5.41) is 11.9. The van der Waals surface area contributed by atoms with Crippen LogP contribution in [0.2, 0.25) is 0 Å². The minimum absolute atomic E-state index is 0.231. The Hall–Kier alpha value is -2.44. The second kappa shape index (κ2) is 8.60. The Labute approximate surface area is 147 Å². The summed E-state index contributed by atoms with van der Waals surface area (Å²) in [6.45, 7) is 5.24. The Kier molecular flexibility index (Phi) is 6.50. The van der Waals surface area contributed by atoms with Gasteiger partial charge in [0, 0.05) is 13.1 Å². The SMILES string of the molecule is CCCOc1ccc(C(C)NC(=O)N2CCC(C(=O)O)C2)cc1OC. The molecule has 0 radical (unpaired) electrons. The van der Waals surface area contributed by atoms with Crippen molar-refractivity contribution in [3.05, 3.63) is 23.8 Å². The summed E-state index contributed by atoms with van der Waals surface area (Å²) in [5.74, 6) is -0.0264. The molecule has 0 bridgehead atoms. The van der Waals surface area contributed by atoms with Gasteiger partial charge >= 0.3 is 12.0 Å². The fourth-order valence-electron chi connectivity index (χ4n) is 2.79. The summed E-state index contributed by atoms with van der Waals surface area (Å²) in [4.78, 5) is 24.9. The number of rotatable bonds is 7. The first-order valence-electron chi connectivity index (χ1n) is 8.55. The standard InChI is InChI=1S/C18H26N2O5/c1-4-9-25-15-6-5-13(10-16(15)24-3)12(2)19-18(23)20-8-7-14(11-20)17(21)22/h5-6,10,12,14H,4,7-9,11H2,1-3H3,(H,19,23)(H,21,22). The number of likely N-dealkylation sites (tertiary alicyclic amines) is 1. The van der Waals surface area contributed by atoms with Gasteiger partial charge in [-0.25, -0.2) is 4.79 Å². The highest BCUT2D eigenvalue weighted by molar-refractivity contribution is 5.77. The Morgan fingerprint density at radius 2 is 2.16 bits per heavy atom. The second-order valence-corrected chi connectivity index (χ2v) is 6.20. The van der Waals surface area contributed by atoms with Gasteiger partial charge in [-0.3, -0.25) is 4.79 Å². The molecule has 1 fully saturated rings. The lowest BCUT2D eigenvalue weighted by Gasteiger charge is -2.21. The fraction of sp³-hybridized carbons (Fsp3) is 0.556. The summed E-state index contributed by atoms with van der Waals surface area (Å²) in [6, 6.07) is 5.10. The van der Waals surface area contributed by atoms with E-state index in [1.807, 2.05) is 32.0 Å². The van der Waals surface area contributed by atoms with Crippen molar-refractivity contribution in [2.45, 2.75) is 32.7 Å². The van der Waals surface area contributed by atoms with E-state index in [0.717, 1.165) is 12.0 Å². The van der Waals surface area contributed by atoms with E-state index in [1.165, 1.54) is 0 Å². The maximum atomic E-state index is 12.3. The maximum absolute atomic E-state index is 12.3. The molecule has 25 heavy (non-hydrogen) atoms. The number of urea groups is 1.